The van der Waals surface area contributed by atoms with E-state index >= 15 is 0 Å². The van der Waals surface area contributed by atoms with E-state index in [2.05, 4.69) is 30.9 Å². The Labute approximate surface area is 262 Å². The number of rotatable bonds is 9. The normalized spacial score (nSPS) is 16.7. The van der Waals surface area contributed by atoms with Crippen LogP contribution in [0.5, 0.6) is 0 Å². The van der Waals surface area contributed by atoms with Crippen LogP contribution < -0.4 is 10.6 Å². The van der Waals surface area contributed by atoms with E-state index in [4.69, 9.17) is 10.7 Å². The predicted molar refractivity (Wildman–Crippen MR) is 173 cm³/mol. The minimum Gasteiger partial charge on any atom is -0.383 e. The number of anilines is 2. The molecule has 0 bridgehead atoms. The highest BCUT2D eigenvalue weighted by Crippen LogP contribution is 2.38. The van der Waals surface area contributed by atoms with E-state index in [0.717, 1.165) is 44.8 Å². The van der Waals surface area contributed by atoms with Crippen molar-refractivity contribution in [2.45, 2.75) is 57.4 Å². The summed E-state index contributed by atoms with van der Waals surface area (Å²) >= 11 is 0. The Morgan fingerprint density at radius 2 is 1.76 bits per heavy atom. The number of nitrogens with zero attached hydrogens (tertiary/aromatic N) is 6. The fourth-order valence-electron chi connectivity index (χ4n) is 6.66. The van der Waals surface area contributed by atoms with Crippen molar-refractivity contribution < 1.29 is 13.2 Å². The predicted octanol–water partition coefficient (Wildman–Crippen LogP) is 7.18. The topological polar surface area (TPSA) is 76.1 Å². The first-order valence-corrected chi connectivity index (χ1v) is 15.8. The minimum atomic E-state index is -3.12. The first-order chi connectivity index (χ1) is 21.7. The average Bonchev–Trinajstić information content (AvgIpc) is 3.48. The molecule has 10 heteroatoms. The zero-order chi connectivity index (χ0) is 31.6. The molecule has 2 saturated heterocycles. The van der Waals surface area contributed by atoms with Gasteiger partial charge in [0.15, 0.2) is 0 Å². The average molecular weight is 616 g/mol. The van der Waals surface area contributed by atoms with Crippen molar-refractivity contribution >= 4 is 11.6 Å². The summed E-state index contributed by atoms with van der Waals surface area (Å²) in [5.41, 5.74) is 9.40. The molecule has 4 aromatic rings. The summed E-state index contributed by atoms with van der Waals surface area (Å²) in [6.07, 6.45) is 9.52. The van der Waals surface area contributed by atoms with Gasteiger partial charge in [-0.1, -0.05) is 37.3 Å². The molecule has 2 aliphatic rings. The van der Waals surface area contributed by atoms with Crippen molar-refractivity contribution in [3.05, 3.63) is 90.4 Å². The standard InChI is InChI=1S/C35H40F3N7/c1-3-35(37,38)29-21-26(11-10-24(29)2)30-22-45(19-18-43-14-5-4-6-15-43)33(42-30)25-12-16-44(17-13-25)34-31(32(39)40-23-41-34)27-8-7-9-28(36)20-27/h3,7-11,20-23,25H,1,4-6,12-19H2,2H3,(H2,39,40,41). The van der Waals surface area contributed by atoms with Crippen LogP contribution in [-0.4, -0.2) is 57.1 Å². The number of likely N-dealkylation sites (tertiary alicyclic amines) is 1. The lowest BCUT2D eigenvalue weighted by molar-refractivity contribution is 0.0519. The number of alkyl halides is 2. The van der Waals surface area contributed by atoms with Gasteiger partial charge in [-0.15, -0.1) is 0 Å². The van der Waals surface area contributed by atoms with Crippen LogP contribution in [0.25, 0.3) is 22.4 Å². The van der Waals surface area contributed by atoms with Gasteiger partial charge in [0.05, 0.1) is 11.3 Å². The number of hydrogen-bond acceptors (Lipinski definition) is 6. The van der Waals surface area contributed by atoms with Gasteiger partial charge in [0.1, 0.15) is 29.6 Å². The SMILES string of the molecule is C=CC(F)(F)c1cc(-c2cn(CCN3CCCCC3)c(C3CCN(c4ncnc(N)c4-c4cccc(F)c4)CC3)n2)ccc1C. The van der Waals surface area contributed by atoms with Gasteiger partial charge in [0.25, 0.3) is 5.92 Å². The van der Waals surface area contributed by atoms with Crippen LogP contribution in [0, 0.1) is 12.7 Å². The Hall–Kier alpha value is -4.18. The van der Waals surface area contributed by atoms with Crippen LogP contribution in [0.1, 0.15) is 55.0 Å². The summed E-state index contributed by atoms with van der Waals surface area (Å²) in [5.74, 6) is -1.32. The number of hydrogen-bond donors (Lipinski definition) is 1. The Morgan fingerprint density at radius 1 is 0.978 bits per heavy atom. The number of piperidine rings is 2. The number of aromatic nitrogens is 4. The molecule has 0 spiro atoms. The quantitative estimate of drug-likeness (QED) is 0.201. The maximum absolute atomic E-state index is 14.7. The van der Waals surface area contributed by atoms with Crippen LogP contribution in [-0.2, 0) is 12.5 Å². The molecule has 45 heavy (non-hydrogen) atoms. The molecule has 2 aliphatic heterocycles. The van der Waals surface area contributed by atoms with E-state index in [0.29, 0.717) is 58.7 Å². The maximum atomic E-state index is 14.7. The molecule has 2 N–H and O–H groups in total. The number of aryl methyl sites for hydroxylation is 1. The van der Waals surface area contributed by atoms with Crippen molar-refractivity contribution in [1.29, 1.82) is 0 Å². The molecule has 2 aromatic heterocycles. The Kier molecular flexibility index (Phi) is 8.94. The maximum Gasteiger partial charge on any atom is 0.291 e. The summed E-state index contributed by atoms with van der Waals surface area (Å²) in [6, 6.07) is 11.5. The Balaban J connectivity index is 1.27. The molecule has 4 heterocycles. The molecule has 0 unspecified atom stereocenters. The van der Waals surface area contributed by atoms with Crippen LogP contribution in [0.2, 0.25) is 0 Å². The second-order valence-electron chi connectivity index (χ2n) is 12.2. The minimum absolute atomic E-state index is 0.0500. The molecule has 6 rings (SSSR count). The van der Waals surface area contributed by atoms with E-state index in [1.54, 1.807) is 25.1 Å². The van der Waals surface area contributed by atoms with Crippen molar-refractivity contribution in [1.82, 2.24) is 24.4 Å². The van der Waals surface area contributed by atoms with Crippen LogP contribution in [0.3, 0.4) is 0 Å². The van der Waals surface area contributed by atoms with Crippen molar-refractivity contribution in [3.8, 4) is 22.4 Å². The summed E-state index contributed by atoms with van der Waals surface area (Å²) in [7, 11) is 0. The highest BCUT2D eigenvalue weighted by atomic mass is 19.3. The van der Waals surface area contributed by atoms with E-state index in [1.807, 2.05) is 18.3 Å². The molecule has 0 saturated carbocycles. The molecule has 236 valence electrons. The van der Waals surface area contributed by atoms with Crippen LogP contribution in [0.4, 0.5) is 24.8 Å². The molecule has 0 amide bonds. The number of nitrogen functional groups attached to an aromatic ring is 1. The first-order valence-electron chi connectivity index (χ1n) is 15.8. The van der Waals surface area contributed by atoms with E-state index in [1.165, 1.54) is 37.7 Å². The molecular weight excluding hydrogens is 575 g/mol. The molecule has 0 atom stereocenters. The van der Waals surface area contributed by atoms with Crippen LogP contribution >= 0.6 is 0 Å². The zero-order valence-corrected chi connectivity index (χ0v) is 25.7. The summed E-state index contributed by atoms with van der Waals surface area (Å²) in [6.45, 7) is 10.4. The number of benzene rings is 2. The summed E-state index contributed by atoms with van der Waals surface area (Å²) in [5, 5.41) is 0. The van der Waals surface area contributed by atoms with Crippen molar-refractivity contribution in [2.24, 2.45) is 0 Å². The Morgan fingerprint density at radius 3 is 2.49 bits per heavy atom. The van der Waals surface area contributed by atoms with Gasteiger partial charge >= 0.3 is 0 Å². The molecule has 2 fully saturated rings. The van der Waals surface area contributed by atoms with E-state index in [9.17, 15) is 13.2 Å². The second kappa shape index (κ2) is 13.0. The van der Waals surface area contributed by atoms with Gasteiger partial charge in [-0.25, -0.2) is 19.3 Å². The second-order valence-corrected chi connectivity index (χ2v) is 12.2. The lowest BCUT2D eigenvalue weighted by Crippen LogP contribution is -2.35. The third kappa shape index (κ3) is 6.61. The van der Waals surface area contributed by atoms with Crippen LogP contribution in [0.15, 0.2) is 67.6 Å². The smallest absolute Gasteiger partial charge is 0.291 e. The Bertz CT molecular complexity index is 1650. The third-order valence-electron chi connectivity index (χ3n) is 9.19. The van der Waals surface area contributed by atoms with Gasteiger partial charge in [-0.3, -0.25) is 0 Å². The number of nitrogens with two attached hydrogens (primary N) is 1. The number of imidazole rings is 1. The lowest BCUT2D eigenvalue weighted by Gasteiger charge is -2.34. The number of allylic oxidation sites excluding steroid dienone is 1. The molecular formula is C35H40F3N7. The fraction of sp³-hybridized carbons (Fsp3) is 0.400. The highest BCUT2D eigenvalue weighted by molar-refractivity contribution is 5.84. The zero-order valence-electron chi connectivity index (χ0n) is 25.7. The fourth-order valence-corrected chi connectivity index (χ4v) is 6.66. The van der Waals surface area contributed by atoms with E-state index in [-0.39, 0.29) is 17.3 Å². The molecule has 0 radical (unpaired) electrons. The van der Waals surface area contributed by atoms with Gasteiger partial charge in [-0.05, 0) is 81.1 Å². The monoisotopic (exact) mass is 615 g/mol. The van der Waals surface area contributed by atoms with Gasteiger partial charge in [0, 0.05) is 49.4 Å². The van der Waals surface area contributed by atoms with Gasteiger partial charge < -0.3 is 20.1 Å². The third-order valence-corrected chi connectivity index (χ3v) is 9.19. The van der Waals surface area contributed by atoms with Gasteiger partial charge in [0.2, 0.25) is 0 Å². The van der Waals surface area contributed by atoms with E-state index < -0.39 is 5.92 Å². The lowest BCUT2D eigenvalue weighted by atomic mass is 9.95. The van der Waals surface area contributed by atoms with Crippen molar-refractivity contribution in [3.63, 3.8) is 0 Å². The van der Waals surface area contributed by atoms with Gasteiger partial charge in [-0.2, -0.15) is 8.78 Å². The largest absolute Gasteiger partial charge is 0.383 e. The summed E-state index contributed by atoms with van der Waals surface area (Å²) < 4.78 is 45.8. The highest BCUT2D eigenvalue weighted by Gasteiger charge is 2.31. The molecule has 7 nitrogen and oxygen atoms in total. The molecule has 0 aliphatic carbocycles. The summed E-state index contributed by atoms with van der Waals surface area (Å²) in [4.78, 5) is 18.5. The first kappa shape index (κ1) is 30.8. The number of halogens is 3. The van der Waals surface area contributed by atoms with Crippen molar-refractivity contribution in [2.75, 3.05) is 43.4 Å². The molecule has 2 aromatic carbocycles.